The molecule has 28 heavy (non-hydrogen) atoms. The number of aliphatic hydroxyl groups is 1. The molecule has 5 aromatic rings. The largest absolute Gasteiger partial charge is 0.456 e. The second-order valence-corrected chi connectivity index (χ2v) is 7.21. The van der Waals surface area contributed by atoms with Crippen LogP contribution in [0.4, 0.5) is 11.4 Å². The summed E-state index contributed by atoms with van der Waals surface area (Å²) in [5, 5.41) is 17.8. The lowest BCUT2D eigenvalue weighted by atomic mass is 9.76. The van der Waals surface area contributed by atoms with E-state index in [0.717, 1.165) is 50.0 Å². The summed E-state index contributed by atoms with van der Waals surface area (Å²) in [4.78, 5) is 0. The molecule has 134 valence electrons. The molecule has 3 heteroatoms. The standard InChI is InChI=1S/C25H17NO2/c27-25(18-10-2-4-13-21(18)26-22-14-5-3-11-19(22)25)20-12-7-9-17-16-8-1-6-15-23(16)28-24(17)20/h1-15,26-27H. The second kappa shape index (κ2) is 5.47. The molecule has 0 fully saturated rings. The Morgan fingerprint density at radius 2 is 1.18 bits per heavy atom. The van der Waals surface area contributed by atoms with Crippen LogP contribution in [0, 0.1) is 0 Å². The average Bonchev–Trinajstić information content (AvgIpc) is 3.13. The average molecular weight is 363 g/mol. The first-order valence-electron chi connectivity index (χ1n) is 9.36. The third kappa shape index (κ3) is 1.91. The monoisotopic (exact) mass is 363 g/mol. The summed E-state index contributed by atoms with van der Waals surface area (Å²) in [5.74, 6) is 0. The van der Waals surface area contributed by atoms with Gasteiger partial charge in [-0.25, -0.2) is 0 Å². The molecular formula is C25H17NO2. The molecule has 0 radical (unpaired) electrons. The Morgan fingerprint density at radius 3 is 1.93 bits per heavy atom. The number of rotatable bonds is 1. The highest BCUT2D eigenvalue weighted by atomic mass is 16.3. The van der Waals surface area contributed by atoms with E-state index in [9.17, 15) is 5.11 Å². The molecule has 0 bridgehead atoms. The minimum Gasteiger partial charge on any atom is -0.456 e. The molecule has 1 aromatic heterocycles. The Hall–Kier alpha value is -3.56. The Bertz CT molecular complexity index is 1320. The third-order valence-electron chi connectivity index (χ3n) is 5.70. The van der Waals surface area contributed by atoms with Crippen LogP contribution in [0.1, 0.15) is 16.7 Å². The first-order chi connectivity index (χ1) is 13.8. The summed E-state index contributed by atoms with van der Waals surface area (Å²) in [7, 11) is 0. The quantitative estimate of drug-likeness (QED) is 0.388. The number of fused-ring (bicyclic) bond motifs is 5. The number of hydrogen-bond acceptors (Lipinski definition) is 3. The first-order valence-corrected chi connectivity index (χ1v) is 9.36. The number of furan rings is 1. The first kappa shape index (κ1) is 15.5. The van der Waals surface area contributed by atoms with Crippen molar-refractivity contribution in [1.29, 1.82) is 0 Å². The maximum atomic E-state index is 12.3. The predicted molar refractivity (Wildman–Crippen MR) is 112 cm³/mol. The Balaban J connectivity index is 1.76. The fourth-order valence-corrected chi connectivity index (χ4v) is 4.43. The maximum Gasteiger partial charge on any atom is 0.148 e. The van der Waals surface area contributed by atoms with Crippen LogP contribution in [0.3, 0.4) is 0 Å². The van der Waals surface area contributed by atoms with Gasteiger partial charge in [0.2, 0.25) is 0 Å². The van der Waals surface area contributed by atoms with Gasteiger partial charge in [-0.3, -0.25) is 0 Å². The highest BCUT2D eigenvalue weighted by molar-refractivity contribution is 6.06. The zero-order valence-corrected chi connectivity index (χ0v) is 15.0. The molecule has 0 saturated carbocycles. The van der Waals surface area contributed by atoms with Crippen molar-refractivity contribution < 1.29 is 9.52 Å². The van der Waals surface area contributed by atoms with Gasteiger partial charge in [-0.2, -0.15) is 0 Å². The summed E-state index contributed by atoms with van der Waals surface area (Å²) in [6.45, 7) is 0. The maximum absolute atomic E-state index is 12.3. The SMILES string of the molecule is OC1(c2cccc3c2oc2ccccc23)c2ccccc2Nc2ccccc21. The fraction of sp³-hybridized carbons (Fsp3) is 0.0400. The topological polar surface area (TPSA) is 45.4 Å². The summed E-state index contributed by atoms with van der Waals surface area (Å²) in [6, 6.07) is 29.8. The molecule has 1 aliphatic rings. The Kier molecular flexibility index (Phi) is 3.03. The van der Waals surface area contributed by atoms with Gasteiger partial charge >= 0.3 is 0 Å². The lowest BCUT2D eigenvalue weighted by Gasteiger charge is -2.37. The number of benzene rings is 4. The van der Waals surface area contributed by atoms with Gasteiger partial charge in [-0.05, 0) is 18.2 Å². The normalized spacial score (nSPS) is 14.5. The van der Waals surface area contributed by atoms with E-state index >= 15 is 0 Å². The molecule has 3 nitrogen and oxygen atoms in total. The van der Waals surface area contributed by atoms with Crippen molar-refractivity contribution in [2.24, 2.45) is 0 Å². The highest BCUT2D eigenvalue weighted by Crippen LogP contribution is 2.50. The number of anilines is 2. The van der Waals surface area contributed by atoms with Crippen LogP contribution in [0.5, 0.6) is 0 Å². The van der Waals surface area contributed by atoms with Crippen molar-refractivity contribution in [2.45, 2.75) is 5.60 Å². The molecule has 0 spiro atoms. The van der Waals surface area contributed by atoms with Crippen LogP contribution in [0.15, 0.2) is 95.4 Å². The van der Waals surface area contributed by atoms with Crippen LogP contribution < -0.4 is 5.32 Å². The number of nitrogens with one attached hydrogen (secondary N) is 1. The van der Waals surface area contributed by atoms with Crippen LogP contribution in [0.2, 0.25) is 0 Å². The van der Waals surface area contributed by atoms with Gasteiger partial charge in [0.05, 0.1) is 0 Å². The van der Waals surface area contributed by atoms with E-state index < -0.39 is 5.60 Å². The lowest BCUT2D eigenvalue weighted by Crippen LogP contribution is -2.33. The van der Waals surface area contributed by atoms with E-state index in [0.29, 0.717) is 0 Å². The zero-order chi connectivity index (χ0) is 18.7. The van der Waals surface area contributed by atoms with Gasteiger partial charge < -0.3 is 14.8 Å². The summed E-state index contributed by atoms with van der Waals surface area (Å²) < 4.78 is 6.25. The third-order valence-corrected chi connectivity index (χ3v) is 5.70. The molecule has 0 amide bonds. The molecule has 1 aliphatic heterocycles. The molecule has 0 aliphatic carbocycles. The van der Waals surface area contributed by atoms with Crippen LogP contribution in [-0.4, -0.2) is 5.11 Å². The van der Waals surface area contributed by atoms with Crippen molar-refractivity contribution in [3.8, 4) is 0 Å². The lowest BCUT2D eigenvalue weighted by molar-refractivity contribution is 0.126. The predicted octanol–water partition coefficient (Wildman–Crippen LogP) is 5.93. The molecule has 0 atom stereocenters. The summed E-state index contributed by atoms with van der Waals surface area (Å²) in [5.41, 5.74) is 4.42. The van der Waals surface area contributed by atoms with Gasteiger partial charge in [0.1, 0.15) is 16.8 Å². The van der Waals surface area contributed by atoms with Gasteiger partial charge in [-0.15, -0.1) is 0 Å². The van der Waals surface area contributed by atoms with E-state index in [2.05, 4.69) is 11.4 Å². The molecule has 2 heterocycles. The minimum atomic E-state index is -1.31. The van der Waals surface area contributed by atoms with Crippen molar-refractivity contribution >= 4 is 33.3 Å². The van der Waals surface area contributed by atoms with Crippen LogP contribution >= 0.6 is 0 Å². The Morgan fingerprint density at radius 1 is 0.607 bits per heavy atom. The van der Waals surface area contributed by atoms with Gasteiger partial charge in [0.25, 0.3) is 0 Å². The second-order valence-electron chi connectivity index (χ2n) is 7.21. The molecule has 6 rings (SSSR count). The highest BCUT2D eigenvalue weighted by Gasteiger charge is 2.42. The summed E-state index contributed by atoms with van der Waals surface area (Å²) in [6.07, 6.45) is 0. The Labute approximate surface area is 161 Å². The van der Waals surface area contributed by atoms with Crippen LogP contribution in [0.25, 0.3) is 21.9 Å². The van der Waals surface area contributed by atoms with Gasteiger partial charge in [-0.1, -0.05) is 72.8 Å². The van der Waals surface area contributed by atoms with Gasteiger partial charge in [0.15, 0.2) is 0 Å². The molecular weight excluding hydrogens is 346 g/mol. The molecule has 4 aromatic carbocycles. The zero-order valence-electron chi connectivity index (χ0n) is 15.0. The molecule has 0 unspecified atom stereocenters. The summed E-state index contributed by atoms with van der Waals surface area (Å²) >= 11 is 0. The molecule has 2 N–H and O–H groups in total. The van der Waals surface area contributed by atoms with E-state index in [1.807, 2.05) is 84.9 Å². The van der Waals surface area contributed by atoms with Gasteiger partial charge in [0, 0.05) is 38.8 Å². The fourth-order valence-electron chi connectivity index (χ4n) is 4.43. The van der Waals surface area contributed by atoms with Crippen molar-refractivity contribution in [3.05, 3.63) is 108 Å². The minimum absolute atomic E-state index is 0.720. The van der Waals surface area contributed by atoms with E-state index in [1.54, 1.807) is 0 Å². The van der Waals surface area contributed by atoms with E-state index in [4.69, 9.17) is 4.42 Å². The number of para-hydroxylation sites is 4. The van der Waals surface area contributed by atoms with Crippen molar-refractivity contribution in [1.82, 2.24) is 0 Å². The van der Waals surface area contributed by atoms with E-state index in [1.165, 1.54) is 0 Å². The van der Waals surface area contributed by atoms with Crippen molar-refractivity contribution in [3.63, 3.8) is 0 Å². The van der Waals surface area contributed by atoms with E-state index in [-0.39, 0.29) is 0 Å². The smallest absolute Gasteiger partial charge is 0.148 e. The number of hydrogen-bond donors (Lipinski definition) is 2. The van der Waals surface area contributed by atoms with Crippen LogP contribution in [-0.2, 0) is 5.60 Å². The van der Waals surface area contributed by atoms with Crippen molar-refractivity contribution in [2.75, 3.05) is 5.32 Å². The molecule has 0 saturated heterocycles.